The standard InChI is InChI=1S/C10H21F3N2O2S/c1-3-6-14-7-5-8-18(16,17)15(4-2)9-10(11,12)13/h14H,3-9H2,1-2H3. The van der Waals surface area contributed by atoms with Crippen LogP contribution in [0.5, 0.6) is 0 Å². The number of nitrogens with zero attached hydrogens (tertiary/aromatic N) is 1. The van der Waals surface area contributed by atoms with Crippen LogP contribution in [-0.4, -0.2) is 50.8 Å². The smallest absolute Gasteiger partial charge is 0.317 e. The lowest BCUT2D eigenvalue weighted by Crippen LogP contribution is -2.40. The highest BCUT2D eigenvalue weighted by Crippen LogP contribution is 2.18. The summed E-state index contributed by atoms with van der Waals surface area (Å²) >= 11 is 0. The van der Waals surface area contributed by atoms with Crippen molar-refractivity contribution in [1.29, 1.82) is 0 Å². The molecule has 110 valence electrons. The maximum atomic E-state index is 12.2. The highest BCUT2D eigenvalue weighted by atomic mass is 32.2. The van der Waals surface area contributed by atoms with Gasteiger partial charge in [0.15, 0.2) is 0 Å². The van der Waals surface area contributed by atoms with Gasteiger partial charge in [-0.05, 0) is 25.9 Å². The Bertz CT molecular complexity index is 318. The number of rotatable bonds is 9. The first-order valence-electron chi connectivity index (χ1n) is 5.98. The summed E-state index contributed by atoms with van der Waals surface area (Å²) in [6.45, 7) is 3.08. The molecule has 8 heteroatoms. The van der Waals surface area contributed by atoms with Gasteiger partial charge in [-0.3, -0.25) is 0 Å². The first-order chi connectivity index (χ1) is 8.23. The van der Waals surface area contributed by atoms with Crippen LogP contribution >= 0.6 is 0 Å². The van der Waals surface area contributed by atoms with Gasteiger partial charge in [0.05, 0.1) is 5.75 Å². The molecule has 4 nitrogen and oxygen atoms in total. The zero-order valence-corrected chi connectivity index (χ0v) is 11.6. The van der Waals surface area contributed by atoms with Gasteiger partial charge < -0.3 is 5.32 Å². The maximum absolute atomic E-state index is 12.2. The third-order valence-electron chi connectivity index (χ3n) is 2.28. The minimum Gasteiger partial charge on any atom is -0.317 e. The second-order valence-corrected chi connectivity index (χ2v) is 6.05. The normalized spacial score (nSPS) is 13.2. The molecule has 0 fully saturated rings. The van der Waals surface area contributed by atoms with Crippen molar-refractivity contribution in [3.8, 4) is 0 Å². The van der Waals surface area contributed by atoms with E-state index in [0.29, 0.717) is 17.3 Å². The van der Waals surface area contributed by atoms with Gasteiger partial charge in [0.25, 0.3) is 0 Å². The van der Waals surface area contributed by atoms with E-state index in [-0.39, 0.29) is 12.3 Å². The van der Waals surface area contributed by atoms with E-state index in [9.17, 15) is 21.6 Å². The van der Waals surface area contributed by atoms with Crippen molar-refractivity contribution in [2.24, 2.45) is 0 Å². The van der Waals surface area contributed by atoms with Gasteiger partial charge in [-0.1, -0.05) is 13.8 Å². The topological polar surface area (TPSA) is 49.4 Å². The molecular formula is C10H21F3N2O2S. The molecule has 0 aromatic rings. The molecule has 0 amide bonds. The SMILES string of the molecule is CCCNCCCS(=O)(=O)N(CC)CC(F)(F)F. The Kier molecular flexibility index (Phi) is 7.81. The molecule has 0 saturated carbocycles. The van der Waals surface area contributed by atoms with Crippen LogP contribution in [0.1, 0.15) is 26.7 Å². The molecule has 0 atom stereocenters. The Morgan fingerprint density at radius 1 is 1.17 bits per heavy atom. The van der Waals surface area contributed by atoms with Crippen LogP contribution < -0.4 is 5.32 Å². The largest absolute Gasteiger partial charge is 0.402 e. The fourth-order valence-corrected chi connectivity index (χ4v) is 2.92. The molecule has 0 aliphatic heterocycles. The third-order valence-corrected chi connectivity index (χ3v) is 4.26. The van der Waals surface area contributed by atoms with E-state index >= 15 is 0 Å². The van der Waals surface area contributed by atoms with Gasteiger partial charge >= 0.3 is 6.18 Å². The van der Waals surface area contributed by atoms with Gasteiger partial charge in [-0.15, -0.1) is 0 Å². The molecule has 0 bridgehead atoms. The van der Waals surface area contributed by atoms with E-state index in [2.05, 4.69) is 5.32 Å². The Morgan fingerprint density at radius 2 is 1.78 bits per heavy atom. The van der Waals surface area contributed by atoms with E-state index in [1.807, 2.05) is 6.92 Å². The van der Waals surface area contributed by atoms with Crippen molar-refractivity contribution in [2.45, 2.75) is 32.9 Å². The van der Waals surface area contributed by atoms with E-state index in [1.165, 1.54) is 6.92 Å². The Morgan fingerprint density at radius 3 is 2.22 bits per heavy atom. The zero-order valence-electron chi connectivity index (χ0n) is 10.8. The number of nitrogens with one attached hydrogen (secondary N) is 1. The quantitative estimate of drug-likeness (QED) is 0.656. The van der Waals surface area contributed by atoms with E-state index in [1.54, 1.807) is 0 Å². The zero-order chi connectivity index (χ0) is 14.2. The summed E-state index contributed by atoms with van der Waals surface area (Å²) in [6.07, 6.45) is -3.25. The molecule has 18 heavy (non-hydrogen) atoms. The number of halogens is 3. The number of sulfonamides is 1. The predicted octanol–water partition coefficient (Wildman–Crippen LogP) is 1.59. The summed E-state index contributed by atoms with van der Waals surface area (Å²) in [5.74, 6) is -0.256. The fourth-order valence-electron chi connectivity index (χ4n) is 1.42. The predicted molar refractivity (Wildman–Crippen MR) is 64.9 cm³/mol. The van der Waals surface area contributed by atoms with Crippen LogP contribution in [0.2, 0.25) is 0 Å². The van der Waals surface area contributed by atoms with E-state index in [4.69, 9.17) is 0 Å². The molecule has 0 aliphatic rings. The van der Waals surface area contributed by atoms with Crippen molar-refractivity contribution in [2.75, 3.05) is 31.9 Å². The molecule has 0 unspecified atom stereocenters. The van der Waals surface area contributed by atoms with Crippen molar-refractivity contribution < 1.29 is 21.6 Å². The molecule has 0 saturated heterocycles. The number of alkyl halides is 3. The Labute approximate surface area is 107 Å². The van der Waals surface area contributed by atoms with Crippen LogP contribution in [0, 0.1) is 0 Å². The summed E-state index contributed by atoms with van der Waals surface area (Å²) < 4.78 is 60.4. The maximum Gasteiger partial charge on any atom is 0.402 e. The first kappa shape index (κ1) is 17.7. The van der Waals surface area contributed by atoms with Crippen molar-refractivity contribution in [3.63, 3.8) is 0 Å². The van der Waals surface area contributed by atoms with Gasteiger partial charge in [-0.2, -0.15) is 17.5 Å². The van der Waals surface area contributed by atoms with Crippen molar-refractivity contribution >= 4 is 10.0 Å². The van der Waals surface area contributed by atoms with Gasteiger partial charge in [0, 0.05) is 6.54 Å². The Balaban J connectivity index is 4.23. The molecule has 0 heterocycles. The van der Waals surface area contributed by atoms with E-state index < -0.39 is 22.7 Å². The third kappa shape index (κ3) is 7.88. The molecule has 0 radical (unpaired) electrons. The van der Waals surface area contributed by atoms with Crippen LogP contribution in [0.15, 0.2) is 0 Å². The van der Waals surface area contributed by atoms with Crippen LogP contribution in [0.25, 0.3) is 0 Å². The van der Waals surface area contributed by atoms with Gasteiger partial charge in [0.2, 0.25) is 10.0 Å². The van der Waals surface area contributed by atoms with Gasteiger partial charge in [0.1, 0.15) is 6.54 Å². The second kappa shape index (κ2) is 7.96. The average molecular weight is 290 g/mol. The van der Waals surface area contributed by atoms with Crippen LogP contribution in [0.3, 0.4) is 0 Å². The summed E-state index contributed by atoms with van der Waals surface area (Å²) in [5, 5.41) is 3.01. The lowest BCUT2D eigenvalue weighted by atomic mass is 10.4. The van der Waals surface area contributed by atoms with E-state index in [0.717, 1.165) is 13.0 Å². The fraction of sp³-hybridized carbons (Fsp3) is 1.00. The molecule has 0 rings (SSSR count). The molecule has 0 aliphatic carbocycles. The molecular weight excluding hydrogens is 269 g/mol. The molecule has 0 spiro atoms. The highest BCUT2D eigenvalue weighted by molar-refractivity contribution is 7.89. The summed E-state index contributed by atoms with van der Waals surface area (Å²) in [4.78, 5) is 0. The average Bonchev–Trinajstić information content (AvgIpc) is 2.24. The highest BCUT2D eigenvalue weighted by Gasteiger charge is 2.35. The van der Waals surface area contributed by atoms with Crippen LogP contribution in [-0.2, 0) is 10.0 Å². The Hall–Kier alpha value is -0.340. The molecule has 1 N–H and O–H groups in total. The lowest BCUT2D eigenvalue weighted by Gasteiger charge is -2.21. The second-order valence-electron chi connectivity index (χ2n) is 3.96. The first-order valence-corrected chi connectivity index (χ1v) is 7.59. The van der Waals surface area contributed by atoms with Gasteiger partial charge in [-0.25, -0.2) is 8.42 Å². The minimum absolute atomic E-state index is 0.162. The molecule has 0 aromatic carbocycles. The monoisotopic (exact) mass is 290 g/mol. The summed E-state index contributed by atoms with van der Waals surface area (Å²) in [7, 11) is -3.82. The summed E-state index contributed by atoms with van der Waals surface area (Å²) in [5.41, 5.74) is 0. The number of hydrogen-bond acceptors (Lipinski definition) is 3. The summed E-state index contributed by atoms with van der Waals surface area (Å²) in [6, 6.07) is 0. The minimum atomic E-state index is -4.50. The lowest BCUT2D eigenvalue weighted by molar-refractivity contribution is -0.135. The van der Waals surface area contributed by atoms with Crippen LogP contribution in [0.4, 0.5) is 13.2 Å². The van der Waals surface area contributed by atoms with Crippen molar-refractivity contribution in [3.05, 3.63) is 0 Å². The van der Waals surface area contributed by atoms with Crippen molar-refractivity contribution in [1.82, 2.24) is 9.62 Å². The molecule has 0 aromatic heterocycles. The number of hydrogen-bond donors (Lipinski definition) is 1.